The number of nitrogens with one attached hydrogen (secondary N) is 1. The Labute approximate surface area is 410 Å². The Morgan fingerprint density at radius 1 is 1.01 bits per heavy atom. The molecule has 1 aromatic heterocycles. The van der Waals surface area contributed by atoms with Crippen LogP contribution in [0.25, 0.3) is 6.08 Å². The summed E-state index contributed by atoms with van der Waals surface area (Å²) in [6, 6.07) is -0.840. The Balaban J connectivity index is 1.15. The van der Waals surface area contributed by atoms with Crippen molar-refractivity contribution in [3.63, 3.8) is 0 Å². The Morgan fingerprint density at radius 3 is 2.54 bits per heavy atom. The summed E-state index contributed by atoms with van der Waals surface area (Å²) >= 11 is 3.30. The van der Waals surface area contributed by atoms with E-state index >= 15 is 0 Å². The second kappa shape index (κ2) is 25.0. The van der Waals surface area contributed by atoms with Crippen LogP contribution in [0.3, 0.4) is 0 Å². The van der Waals surface area contributed by atoms with Crippen LogP contribution in [0.15, 0.2) is 87.6 Å². The molecule has 14 nitrogen and oxygen atoms in total. The summed E-state index contributed by atoms with van der Waals surface area (Å²) in [5.74, 6) is -2.75. The molecule has 4 saturated heterocycles. The highest BCUT2D eigenvalue weighted by Gasteiger charge is 2.45. The molecule has 5 N–H and O–H groups in total. The maximum absolute atomic E-state index is 13.6. The molecule has 0 radical (unpaired) electrons. The third-order valence-electron chi connectivity index (χ3n) is 13.8. The monoisotopic (exact) mass is 1010 g/mol. The zero-order chi connectivity index (χ0) is 49.1. The summed E-state index contributed by atoms with van der Waals surface area (Å²) in [5.41, 5.74) is 3.24. The van der Waals surface area contributed by atoms with E-state index in [1.807, 2.05) is 57.8 Å². The van der Waals surface area contributed by atoms with Gasteiger partial charge in [-0.3, -0.25) is 4.79 Å². The van der Waals surface area contributed by atoms with Crippen LogP contribution < -0.4 is 5.32 Å². The first kappa shape index (κ1) is 53.8. The van der Waals surface area contributed by atoms with E-state index in [2.05, 4.69) is 40.8 Å². The van der Waals surface area contributed by atoms with Crippen LogP contribution >= 0.6 is 15.9 Å². The lowest BCUT2D eigenvalue weighted by Crippen LogP contribution is -2.51. The number of allylic oxidation sites excluding steroid dienone is 4. The van der Waals surface area contributed by atoms with Crippen LogP contribution in [0.5, 0.6) is 0 Å². The van der Waals surface area contributed by atoms with Crippen LogP contribution in [-0.2, 0) is 33.3 Å². The second-order valence-electron chi connectivity index (χ2n) is 20.2. The standard InChI is InChI=1S/C53H75BrN2O12/c1-31(11-10-18-54)16-17-32(2)21-44(59)47-22-34(4)27-53(62,68-47)28-48(60)55-38(29-57)23-35(5)51-37(7)52-36(6)45(66-51)13-9-14-49-56-43(30-63-49)46-25-39(58)24-42(65-46)26-41-20-33(3)19-40(64-41)12-8-15-50(61)67-52/h8-10,14-18,21,23,30-31,34,36-42,44-47,51-52,57-59,62H,3,11-13,19-20,22,24-29H2,1-2,4-7H3,(H,55,60)/b14-9+,15-8-,17-16+,18-10+,32-21+,35-23+/t31-,34-,36+,37+,38?,39-,40+,41-,42+,44-,45-,46-,47-,51+,52+,53+/m1/s1. The Bertz CT molecular complexity index is 2040. The first-order valence-electron chi connectivity index (χ1n) is 24.5. The lowest BCUT2D eigenvalue weighted by Gasteiger charge is -2.44. The molecule has 6 heterocycles. The van der Waals surface area contributed by atoms with Crippen LogP contribution in [0.1, 0.15) is 130 Å². The molecule has 0 saturated carbocycles. The first-order valence-corrected chi connectivity index (χ1v) is 25.4. The number of halogens is 1. The number of hydrogen-bond acceptors (Lipinski definition) is 13. The fourth-order valence-electron chi connectivity index (χ4n) is 10.5. The molecule has 0 aliphatic carbocycles. The number of amides is 1. The van der Waals surface area contributed by atoms with Gasteiger partial charge in [-0.1, -0.05) is 104 Å². The zero-order valence-electron chi connectivity index (χ0n) is 40.6. The van der Waals surface area contributed by atoms with Gasteiger partial charge in [0.1, 0.15) is 24.2 Å². The third-order valence-corrected chi connectivity index (χ3v) is 14.2. The lowest BCUT2D eigenvalue weighted by molar-refractivity contribution is -0.275. The van der Waals surface area contributed by atoms with E-state index in [4.69, 9.17) is 33.1 Å². The highest BCUT2D eigenvalue weighted by molar-refractivity contribution is 9.11. The Kier molecular flexibility index (Phi) is 19.8. The van der Waals surface area contributed by atoms with Gasteiger partial charge in [0.15, 0.2) is 5.79 Å². The van der Waals surface area contributed by atoms with Crippen LogP contribution in [0.2, 0.25) is 0 Å². The molecule has 5 aliphatic rings. The van der Waals surface area contributed by atoms with Gasteiger partial charge in [-0.25, -0.2) is 9.78 Å². The Hall–Kier alpha value is -3.51. The van der Waals surface area contributed by atoms with E-state index < -0.39 is 79.5 Å². The van der Waals surface area contributed by atoms with Gasteiger partial charge in [0.25, 0.3) is 0 Å². The van der Waals surface area contributed by atoms with Crippen LogP contribution in [0.4, 0.5) is 0 Å². The van der Waals surface area contributed by atoms with Crippen LogP contribution in [-0.4, -0.2) is 111 Å². The van der Waals surface area contributed by atoms with Gasteiger partial charge in [0.05, 0.1) is 67.9 Å². The predicted molar refractivity (Wildman–Crippen MR) is 262 cm³/mol. The van der Waals surface area contributed by atoms with E-state index in [9.17, 15) is 30.0 Å². The maximum Gasteiger partial charge on any atom is 0.330 e. The van der Waals surface area contributed by atoms with E-state index in [-0.39, 0.29) is 42.5 Å². The predicted octanol–water partition coefficient (Wildman–Crippen LogP) is 8.18. The number of ether oxygens (including phenoxy) is 5. The van der Waals surface area contributed by atoms with Crippen molar-refractivity contribution in [2.24, 2.45) is 23.7 Å². The summed E-state index contributed by atoms with van der Waals surface area (Å²) in [4.78, 5) is 33.7. The number of aromatic nitrogens is 1. The molecule has 8 bridgehead atoms. The van der Waals surface area contributed by atoms with Crippen molar-refractivity contribution >= 4 is 33.9 Å². The topological polar surface area (TPSA) is 199 Å². The summed E-state index contributed by atoms with van der Waals surface area (Å²) in [7, 11) is 0. The fraction of sp³-hybridized carbons (Fsp3) is 0.642. The van der Waals surface area contributed by atoms with Gasteiger partial charge < -0.3 is 53.8 Å². The van der Waals surface area contributed by atoms with Crippen LogP contribution in [0, 0.1) is 23.7 Å². The minimum absolute atomic E-state index is 0.0410. The SMILES string of the molecule is C=C1C[C@@H]2C[C@@H]3C[C@@H](O)C[C@@H](O3)c3coc(n3)/C=C/C[C@H]3O[C@@H](/C(C)=C/C(CO)NC(=O)C[C@]4(O)C[C@H](C)C[C@H]([C@H](O)/C=C(C)/C=C/[C@H](C)C/C=C/Br)O4)[C@H](C)[C@@H](OC(=O)/C=C\C[C@@H](C1)O2)[C@H]3C. The van der Waals surface area contributed by atoms with Crippen molar-refractivity contribution in [3.8, 4) is 0 Å². The van der Waals surface area contributed by atoms with E-state index in [1.165, 1.54) is 6.08 Å². The molecular weight excluding hydrogens is 936 g/mol. The number of esters is 1. The normalized spacial score (nSPS) is 36.9. The molecule has 68 heavy (non-hydrogen) atoms. The second-order valence-corrected chi connectivity index (χ2v) is 20.7. The minimum atomic E-state index is -1.83. The number of oxazole rings is 1. The molecule has 4 fully saturated rings. The average molecular weight is 1010 g/mol. The Morgan fingerprint density at radius 2 is 1.78 bits per heavy atom. The van der Waals surface area contributed by atoms with Crippen molar-refractivity contribution in [2.75, 3.05) is 6.61 Å². The highest BCUT2D eigenvalue weighted by Crippen LogP contribution is 2.40. The van der Waals surface area contributed by atoms with E-state index in [1.54, 1.807) is 30.6 Å². The summed E-state index contributed by atoms with van der Waals surface area (Å²) in [6.07, 6.45) is 18.1. The van der Waals surface area contributed by atoms with Crippen molar-refractivity contribution in [1.82, 2.24) is 10.3 Å². The van der Waals surface area contributed by atoms with Crippen molar-refractivity contribution in [3.05, 3.63) is 94.7 Å². The lowest BCUT2D eigenvalue weighted by atomic mass is 9.79. The number of aliphatic hydroxyl groups excluding tert-OH is 3. The van der Waals surface area contributed by atoms with Gasteiger partial charge in [-0.2, -0.15) is 0 Å². The summed E-state index contributed by atoms with van der Waals surface area (Å²) < 4.78 is 37.8. The number of rotatable bonds is 12. The number of carbonyl (C=O) groups excluding carboxylic acids is 2. The molecule has 376 valence electrons. The number of carbonyl (C=O) groups is 2. The smallest absolute Gasteiger partial charge is 0.330 e. The van der Waals surface area contributed by atoms with Gasteiger partial charge >= 0.3 is 5.97 Å². The molecule has 0 aromatic carbocycles. The highest BCUT2D eigenvalue weighted by atomic mass is 79.9. The largest absolute Gasteiger partial charge is 0.458 e. The van der Waals surface area contributed by atoms with Gasteiger partial charge in [0.2, 0.25) is 11.8 Å². The molecule has 5 aliphatic heterocycles. The van der Waals surface area contributed by atoms with Crippen molar-refractivity contribution < 1.29 is 58.1 Å². The van der Waals surface area contributed by atoms with Crippen molar-refractivity contribution in [1.29, 1.82) is 0 Å². The quantitative estimate of drug-likeness (QED) is 0.0764. The van der Waals surface area contributed by atoms with E-state index in [0.29, 0.717) is 74.4 Å². The molecule has 6 rings (SSSR count). The molecule has 15 heteroatoms. The van der Waals surface area contributed by atoms with Gasteiger partial charge in [0, 0.05) is 37.2 Å². The summed E-state index contributed by atoms with van der Waals surface area (Å²) in [5, 5.41) is 47.0. The minimum Gasteiger partial charge on any atom is -0.458 e. The van der Waals surface area contributed by atoms with Crippen molar-refractivity contribution in [2.45, 2.75) is 185 Å². The molecule has 1 aromatic rings. The molecule has 1 amide bonds. The number of aliphatic hydroxyl groups is 4. The third kappa shape index (κ3) is 15.5. The van der Waals surface area contributed by atoms with E-state index in [0.717, 1.165) is 17.6 Å². The number of fused-ring (bicyclic) bond motifs is 9. The van der Waals surface area contributed by atoms with Gasteiger partial charge in [-0.05, 0) is 87.3 Å². The average Bonchev–Trinajstić information content (AvgIpc) is 3.74. The number of nitrogens with zero attached hydrogens (tertiary/aromatic N) is 1. The molecule has 16 atom stereocenters. The van der Waals surface area contributed by atoms with Gasteiger partial charge in [-0.15, -0.1) is 0 Å². The summed E-state index contributed by atoms with van der Waals surface area (Å²) in [6.45, 7) is 15.6. The first-order chi connectivity index (χ1) is 32.4. The molecular formula is C53H75BrN2O12. The molecule has 0 spiro atoms. The zero-order valence-corrected chi connectivity index (χ0v) is 42.2. The molecule has 1 unspecified atom stereocenters. The fourth-order valence-corrected chi connectivity index (χ4v) is 10.7. The maximum atomic E-state index is 13.6. The number of hydrogen-bond donors (Lipinski definition) is 5.